The molecular formula is C18H14BrF2N3O. The Morgan fingerprint density at radius 1 is 1.16 bits per heavy atom. The van der Waals surface area contributed by atoms with E-state index in [0.29, 0.717) is 17.8 Å². The molecule has 3 aromatic rings. The van der Waals surface area contributed by atoms with Crippen molar-refractivity contribution in [3.05, 3.63) is 76.5 Å². The topological polar surface area (TPSA) is 38.1 Å². The Labute approximate surface area is 151 Å². The highest BCUT2D eigenvalue weighted by Gasteiger charge is 2.17. The van der Waals surface area contributed by atoms with Crippen LogP contribution < -0.4 is 4.90 Å². The summed E-state index contributed by atoms with van der Waals surface area (Å²) >= 11 is 3.33. The molecule has 0 atom stereocenters. The molecule has 0 fully saturated rings. The fourth-order valence-electron chi connectivity index (χ4n) is 2.45. The molecule has 0 N–H and O–H groups in total. The van der Waals surface area contributed by atoms with Crippen molar-refractivity contribution in [3.63, 3.8) is 0 Å². The zero-order valence-electron chi connectivity index (χ0n) is 13.3. The largest absolute Gasteiger partial charge is 0.309 e. The van der Waals surface area contributed by atoms with E-state index in [1.165, 1.54) is 11.0 Å². The number of amides is 1. The molecule has 7 heteroatoms. The van der Waals surface area contributed by atoms with Crippen LogP contribution in [0, 0.1) is 11.6 Å². The van der Waals surface area contributed by atoms with Crippen molar-refractivity contribution >= 4 is 27.5 Å². The number of hydrogen-bond donors (Lipinski definition) is 0. The smallest absolute Gasteiger partial charge is 0.258 e. The number of carbonyl (C=O) groups is 1. The fraction of sp³-hybridized carbons (Fsp3) is 0.111. The van der Waals surface area contributed by atoms with Gasteiger partial charge in [0.1, 0.15) is 0 Å². The van der Waals surface area contributed by atoms with Crippen LogP contribution in [0.1, 0.15) is 17.3 Å². The van der Waals surface area contributed by atoms with Gasteiger partial charge >= 0.3 is 0 Å². The summed E-state index contributed by atoms with van der Waals surface area (Å²) in [5.74, 6) is -2.22. The third-order valence-corrected chi connectivity index (χ3v) is 4.12. The lowest BCUT2D eigenvalue weighted by molar-refractivity contribution is 0.0988. The van der Waals surface area contributed by atoms with Crippen molar-refractivity contribution in [2.45, 2.75) is 6.92 Å². The molecule has 25 heavy (non-hydrogen) atoms. The maximum Gasteiger partial charge on any atom is 0.258 e. The molecule has 3 rings (SSSR count). The SMILES string of the molecule is CCN(C(=O)c1ccc(-n2cc(Br)cn2)cc1)c1ccc(F)c(F)c1. The Bertz CT molecular complexity index is 909. The fourth-order valence-corrected chi connectivity index (χ4v) is 2.74. The molecule has 0 unspecified atom stereocenters. The van der Waals surface area contributed by atoms with Crippen LogP contribution in [0.25, 0.3) is 5.69 Å². The Hall–Kier alpha value is -2.54. The van der Waals surface area contributed by atoms with Crippen LogP contribution in [0.2, 0.25) is 0 Å². The van der Waals surface area contributed by atoms with E-state index >= 15 is 0 Å². The number of carbonyl (C=O) groups excluding carboxylic acids is 1. The molecule has 4 nitrogen and oxygen atoms in total. The summed E-state index contributed by atoms with van der Waals surface area (Å²) < 4.78 is 29.1. The molecule has 0 aliphatic rings. The highest BCUT2D eigenvalue weighted by molar-refractivity contribution is 9.10. The summed E-state index contributed by atoms with van der Waals surface area (Å²) in [6.45, 7) is 2.10. The minimum Gasteiger partial charge on any atom is -0.309 e. The average Bonchev–Trinajstić information content (AvgIpc) is 3.05. The lowest BCUT2D eigenvalue weighted by Crippen LogP contribution is -2.30. The maximum absolute atomic E-state index is 13.5. The number of rotatable bonds is 4. The van der Waals surface area contributed by atoms with Gasteiger partial charge in [0.25, 0.3) is 5.91 Å². The average molecular weight is 406 g/mol. The highest BCUT2D eigenvalue weighted by atomic mass is 79.9. The second-order valence-electron chi connectivity index (χ2n) is 5.30. The number of aromatic nitrogens is 2. The van der Waals surface area contributed by atoms with Gasteiger partial charge in [0, 0.05) is 30.1 Å². The molecule has 1 amide bonds. The van der Waals surface area contributed by atoms with Gasteiger partial charge in [-0.25, -0.2) is 13.5 Å². The van der Waals surface area contributed by atoms with E-state index in [9.17, 15) is 13.6 Å². The minimum absolute atomic E-state index is 0.290. The van der Waals surface area contributed by atoms with Crippen LogP contribution in [0.5, 0.6) is 0 Å². The first-order valence-electron chi connectivity index (χ1n) is 7.57. The van der Waals surface area contributed by atoms with E-state index < -0.39 is 11.6 Å². The van der Waals surface area contributed by atoms with E-state index in [2.05, 4.69) is 21.0 Å². The van der Waals surface area contributed by atoms with Gasteiger partial charge in [0.15, 0.2) is 11.6 Å². The molecule has 0 aliphatic carbocycles. The van der Waals surface area contributed by atoms with E-state index in [-0.39, 0.29) is 5.91 Å². The van der Waals surface area contributed by atoms with Gasteiger partial charge in [0.2, 0.25) is 0 Å². The molecular weight excluding hydrogens is 392 g/mol. The molecule has 0 saturated heterocycles. The number of halogens is 3. The van der Waals surface area contributed by atoms with Crippen molar-refractivity contribution < 1.29 is 13.6 Å². The quantitative estimate of drug-likeness (QED) is 0.636. The maximum atomic E-state index is 13.5. The predicted molar refractivity (Wildman–Crippen MR) is 95.0 cm³/mol. The van der Waals surface area contributed by atoms with E-state index in [0.717, 1.165) is 22.3 Å². The normalized spacial score (nSPS) is 10.7. The molecule has 0 bridgehead atoms. The standard InChI is InChI=1S/C18H14BrF2N3O/c1-2-23(15-7-8-16(20)17(21)9-15)18(25)12-3-5-14(6-4-12)24-11-13(19)10-22-24/h3-11H,2H2,1H3. The third-order valence-electron chi connectivity index (χ3n) is 3.71. The van der Waals surface area contributed by atoms with Gasteiger partial charge in [-0.05, 0) is 59.3 Å². The number of anilines is 1. The van der Waals surface area contributed by atoms with Gasteiger partial charge in [-0.1, -0.05) is 0 Å². The first-order valence-corrected chi connectivity index (χ1v) is 8.36. The van der Waals surface area contributed by atoms with Crippen LogP contribution in [0.15, 0.2) is 59.3 Å². The predicted octanol–water partition coefficient (Wildman–Crippen LogP) is 4.58. The molecule has 0 radical (unpaired) electrons. The summed E-state index contributed by atoms with van der Waals surface area (Å²) in [4.78, 5) is 14.1. The van der Waals surface area contributed by atoms with Crippen molar-refractivity contribution in [1.29, 1.82) is 0 Å². The molecule has 1 aromatic heterocycles. The molecule has 0 aliphatic heterocycles. The van der Waals surface area contributed by atoms with E-state index in [1.807, 2.05) is 0 Å². The van der Waals surface area contributed by atoms with E-state index in [4.69, 9.17) is 0 Å². The first-order chi connectivity index (χ1) is 12.0. The van der Waals surface area contributed by atoms with Gasteiger partial charge in [-0.15, -0.1) is 0 Å². The Morgan fingerprint density at radius 3 is 2.44 bits per heavy atom. The summed E-state index contributed by atoms with van der Waals surface area (Å²) in [5.41, 5.74) is 1.56. The highest BCUT2D eigenvalue weighted by Crippen LogP contribution is 2.21. The number of benzene rings is 2. The Balaban J connectivity index is 1.86. The van der Waals surface area contributed by atoms with Gasteiger partial charge in [-0.2, -0.15) is 5.10 Å². The zero-order valence-corrected chi connectivity index (χ0v) is 14.9. The van der Waals surface area contributed by atoms with Crippen molar-refractivity contribution in [2.24, 2.45) is 0 Å². The van der Waals surface area contributed by atoms with Crippen molar-refractivity contribution in [3.8, 4) is 5.69 Å². The molecule has 2 aromatic carbocycles. The Morgan fingerprint density at radius 2 is 1.88 bits per heavy atom. The third kappa shape index (κ3) is 3.61. The van der Waals surface area contributed by atoms with Gasteiger partial charge < -0.3 is 4.90 Å². The van der Waals surface area contributed by atoms with Crippen molar-refractivity contribution in [2.75, 3.05) is 11.4 Å². The second-order valence-corrected chi connectivity index (χ2v) is 6.21. The summed E-state index contributed by atoms with van der Waals surface area (Å²) in [6.07, 6.45) is 3.47. The van der Waals surface area contributed by atoms with Gasteiger partial charge in [-0.3, -0.25) is 4.79 Å². The van der Waals surface area contributed by atoms with Gasteiger partial charge in [0.05, 0.1) is 16.4 Å². The summed E-state index contributed by atoms with van der Waals surface area (Å²) in [7, 11) is 0. The summed E-state index contributed by atoms with van der Waals surface area (Å²) in [5, 5.41) is 4.17. The van der Waals surface area contributed by atoms with Crippen LogP contribution in [-0.2, 0) is 0 Å². The zero-order chi connectivity index (χ0) is 18.0. The number of hydrogen-bond acceptors (Lipinski definition) is 2. The molecule has 128 valence electrons. The van der Waals surface area contributed by atoms with Crippen LogP contribution in [0.4, 0.5) is 14.5 Å². The van der Waals surface area contributed by atoms with E-state index in [1.54, 1.807) is 48.3 Å². The lowest BCUT2D eigenvalue weighted by Gasteiger charge is -2.21. The van der Waals surface area contributed by atoms with Crippen LogP contribution in [-0.4, -0.2) is 22.2 Å². The van der Waals surface area contributed by atoms with Crippen LogP contribution in [0.3, 0.4) is 0 Å². The minimum atomic E-state index is -0.983. The first kappa shape index (κ1) is 17.3. The summed E-state index contributed by atoms with van der Waals surface area (Å²) in [6, 6.07) is 10.3. The lowest BCUT2D eigenvalue weighted by atomic mass is 10.1. The Kier molecular flexibility index (Phi) is 4.94. The number of nitrogens with zero attached hydrogens (tertiary/aromatic N) is 3. The van der Waals surface area contributed by atoms with Crippen LogP contribution >= 0.6 is 15.9 Å². The monoisotopic (exact) mass is 405 g/mol. The molecule has 0 saturated carbocycles. The molecule has 1 heterocycles. The van der Waals surface area contributed by atoms with Crippen molar-refractivity contribution in [1.82, 2.24) is 9.78 Å². The second kappa shape index (κ2) is 7.14. The molecule has 0 spiro atoms.